The summed E-state index contributed by atoms with van der Waals surface area (Å²) in [6.45, 7) is 14.3. The molecule has 254 valence electrons. The lowest BCUT2D eigenvalue weighted by molar-refractivity contribution is -0.296. The molecule has 0 radical (unpaired) electrons. The molecule has 17 heteroatoms. The van der Waals surface area contributed by atoms with Gasteiger partial charge in [0, 0.05) is 34.8 Å². The van der Waals surface area contributed by atoms with Crippen LogP contribution in [0.5, 0.6) is 0 Å². The Morgan fingerprint density at radius 1 is 0.800 bits per heavy atom. The topological polar surface area (TPSA) is 185 Å². The van der Waals surface area contributed by atoms with Gasteiger partial charge in [0.1, 0.15) is 24.4 Å². The predicted molar refractivity (Wildman–Crippen MR) is 154 cm³/mol. The molecule has 0 bridgehead atoms. The highest BCUT2D eigenvalue weighted by atomic mass is 28.4. The molecule has 3 fully saturated rings. The van der Waals surface area contributed by atoms with Gasteiger partial charge in [-0.3, -0.25) is 19.2 Å². The van der Waals surface area contributed by atoms with Crippen LogP contribution >= 0.6 is 0 Å². The summed E-state index contributed by atoms with van der Waals surface area (Å²) in [5.74, 6) is -3.58. The van der Waals surface area contributed by atoms with Gasteiger partial charge in [-0.1, -0.05) is 0 Å². The van der Waals surface area contributed by atoms with Gasteiger partial charge in [-0.25, -0.2) is 9.98 Å². The van der Waals surface area contributed by atoms with E-state index in [4.69, 9.17) is 47.1 Å². The molecule has 0 amide bonds. The van der Waals surface area contributed by atoms with Crippen LogP contribution in [0.15, 0.2) is 9.98 Å². The fraction of sp³-hybridized carbons (Fsp3) is 0.821. The molecule has 3 aliphatic heterocycles. The molecule has 0 saturated carbocycles. The van der Waals surface area contributed by atoms with Gasteiger partial charge >= 0.3 is 23.9 Å². The molecule has 45 heavy (non-hydrogen) atoms. The highest BCUT2D eigenvalue weighted by Gasteiger charge is 2.59. The number of nitrogens with zero attached hydrogens (tertiary/aromatic N) is 2. The summed E-state index contributed by atoms with van der Waals surface area (Å²) in [4.78, 5) is 56.3. The SMILES string of the molecule is CO[C@H]1O[C@H](CN=C=N[C@H](CO[Si](C)(C)C)[C@H]2O[C@H](OC(C)=O)[C@H]3OC(C)(C)O[C@H]32)[C@@H](OC(C)=O)[C@H](OC(C)=O)[C@H]1OC(C)=O. The molecule has 0 N–H and O–H groups in total. The van der Waals surface area contributed by atoms with Gasteiger partial charge in [-0.2, -0.15) is 0 Å². The molecule has 3 aliphatic rings. The zero-order chi connectivity index (χ0) is 33.7. The van der Waals surface area contributed by atoms with Gasteiger partial charge in [0.2, 0.25) is 6.29 Å². The Labute approximate surface area is 263 Å². The fourth-order valence-corrected chi connectivity index (χ4v) is 5.81. The lowest BCUT2D eigenvalue weighted by atomic mass is 9.97. The number of esters is 4. The number of ether oxygens (including phenoxy) is 9. The third kappa shape index (κ3) is 10.4. The Morgan fingerprint density at radius 3 is 1.91 bits per heavy atom. The van der Waals surface area contributed by atoms with Gasteiger partial charge in [0.05, 0.1) is 19.2 Å². The van der Waals surface area contributed by atoms with Gasteiger partial charge in [0.15, 0.2) is 44.8 Å². The maximum Gasteiger partial charge on any atom is 0.305 e. The van der Waals surface area contributed by atoms with Gasteiger partial charge in [0.25, 0.3) is 0 Å². The largest absolute Gasteiger partial charge is 0.456 e. The predicted octanol–water partition coefficient (Wildman–Crippen LogP) is 1.35. The Balaban J connectivity index is 1.89. The summed E-state index contributed by atoms with van der Waals surface area (Å²) in [7, 11) is -0.701. The minimum absolute atomic E-state index is 0.128. The van der Waals surface area contributed by atoms with Crippen molar-refractivity contribution in [1.82, 2.24) is 0 Å². The molecule has 0 aromatic carbocycles. The highest BCUT2D eigenvalue weighted by Crippen LogP contribution is 2.41. The van der Waals surface area contributed by atoms with Crippen LogP contribution in [0, 0.1) is 0 Å². The van der Waals surface area contributed by atoms with Crippen LogP contribution in [0.4, 0.5) is 0 Å². The number of fused-ring (bicyclic) bond motifs is 1. The molecule has 0 unspecified atom stereocenters. The second-order valence-electron chi connectivity index (χ2n) is 12.2. The van der Waals surface area contributed by atoms with Crippen LogP contribution in [0.3, 0.4) is 0 Å². The van der Waals surface area contributed by atoms with Crippen molar-refractivity contribution >= 4 is 38.2 Å². The van der Waals surface area contributed by atoms with Crippen LogP contribution in [0.25, 0.3) is 0 Å². The van der Waals surface area contributed by atoms with Crippen molar-refractivity contribution in [2.75, 3.05) is 20.3 Å². The van der Waals surface area contributed by atoms with E-state index in [0.717, 1.165) is 6.92 Å². The minimum atomic E-state index is -2.02. The van der Waals surface area contributed by atoms with Crippen molar-refractivity contribution in [3.8, 4) is 0 Å². The standard InChI is InChI=1S/C28H44N2O14Si/c1-14(31)37-21-19(41-26(35-7)24(39-16(3)33)22(21)38-15(2)32)11-29-13-30-18(12-36-45(8,9)10)20-23-25(44-28(5,6)43-23)27(42-20)40-17(4)34/h18-27H,11-12H2,1-10H3/t18-,19-,20-,21-,22+,23+,24-,25+,26+,27+/m1/s1. The van der Waals surface area contributed by atoms with Crippen LogP contribution in [-0.4, -0.2) is 126 Å². The number of hydrogen-bond donors (Lipinski definition) is 0. The van der Waals surface area contributed by atoms with Crippen molar-refractivity contribution in [1.29, 1.82) is 0 Å². The smallest absolute Gasteiger partial charge is 0.305 e. The van der Waals surface area contributed by atoms with Crippen molar-refractivity contribution < 1.29 is 66.2 Å². The quantitative estimate of drug-likeness (QED) is 0.126. The molecule has 0 aliphatic carbocycles. The third-order valence-corrected chi connectivity index (χ3v) is 7.72. The van der Waals surface area contributed by atoms with Crippen molar-refractivity contribution in [3.05, 3.63) is 0 Å². The Hall–Kier alpha value is -2.76. The zero-order valence-corrected chi connectivity index (χ0v) is 28.3. The first-order chi connectivity index (χ1) is 20.9. The molecule has 10 atom stereocenters. The molecular weight excluding hydrogens is 616 g/mol. The Kier molecular flexibility index (Phi) is 12.4. The summed E-state index contributed by atoms with van der Waals surface area (Å²) in [5, 5.41) is 0. The lowest BCUT2D eigenvalue weighted by Crippen LogP contribution is -2.62. The van der Waals surface area contributed by atoms with Crippen molar-refractivity contribution in [2.24, 2.45) is 9.98 Å². The second kappa shape index (κ2) is 15.2. The normalized spacial score (nSPS) is 32.8. The summed E-state index contributed by atoms with van der Waals surface area (Å²) < 4.78 is 57.1. The zero-order valence-electron chi connectivity index (χ0n) is 27.3. The molecule has 3 rings (SSSR count). The molecule has 3 heterocycles. The fourth-order valence-electron chi connectivity index (χ4n) is 5.14. The molecule has 16 nitrogen and oxygen atoms in total. The van der Waals surface area contributed by atoms with E-state index in [1.165, 1.54) is 27.9 Å². The van der Waals surface area contributed by atoms with E-state index in [1.807, 2.05) is 19.6 Å². The number of carbonyl (C=O) groups is 4. The van der Waals surface area contributed by atoms with E-state index in [2.05, 4.69) is 16.0 Å². The maximum absolute atomic E-state index is 12.0. The van der Waals surface area contributed by atoms with Crippen LogP contribution < -0.4 is 0 Å². The Morgan fingerprint density at radius 2 is 1.36 bits per heavy atom. The molecule has 0 aromatic rings. The first-order valence-electron chi connectivity index (χ1n) is 14.5. The number of aliphatic imine (C=N–C) groups is 2. The van der Waals surface area contributed by atoms with Gasteiger partial charge < -0.3 is 47.1 Å². The summed E-state index contributed by atoms with van der Waals surface area (Å²) in [5.41, 5.74) is 0. The summed E-state index contributed by atoms with van der Waals surface area (Å²) in [6.07, 6.45) is -8.97. The van der Waals surface area contributed by atoms with Crippen LogP contribution in [0.1, 0.15) is 41.5 Å². The molecular formula is C28H44N2O14Si. The summed E-state index contributed by atoms with van der Waals surface area (Å²) in [6, 6.07) is 1.96. The van der Waals surface area contributed by atoms with Crippen molar-refractivity contribution in [2.45, 2.75) is 128 Å². The number of carbonyl (C=O) groups excluding carboxylic acids is 4. The lowest BCUT2D eigenvalue weighted by Gasteiger charge is -2.43. The van der Waals surface area contributed by atoms with E-state index in [9.17, 15) is 19.2 Å². The maximum atomic E-state index is 12.0. The molecule has 0 aromatic heterocycles. The van der Waals surface area contributed by atoms with E-state index in [0.29, 0.717) is 0 Å². The monoisotopic (exact) mass is 660 g/mol. The first kappa shape index (κ1) is 36.7. The molecule has 3 saturated heterocycles. The Bertz CT molecular complexity index is 1150. The summed E-state index contributed by atoms with van der Waals surface area (Å²) >= 11 is 0. The number of methoxy groups -OCH3 is 1. The average molecular weight is 661 g/mol. The van der Waals surface area contributed by atoms with E-state index < -0.39 is 99.3 Å². The minimum Gasteiger partial charge on any atom is -0.456 e. The third-order valence-electron chi connectivity index (χ3n) is 6.69. The first-order valence-corrected chi connectivity index (χ1v) is 17.9. The van der Waals surface area contributed by atoms with Crippen LogP contribution in [0.2, 0.25) is 19.6 Å². The van der Waals surface area contributed by atoms with E-state index in [-0.39, 0.29) is 13.2 Å². The van der Waals surface area contributed by atoms with Crippen molar-refractivity contribution in [3.63, 3.8) is 0 Å². The van der Waals surface area contributed by atoms with Gasteiger partial charge in [-0.05, 0) is 33.5 Å². The number of hydrogen-bond acceptors (Lipinski definition) is 16. The van der Waals surface area contributed by atoms with E-state index >= 15 is 0 Å². The van der Waals surface area contributed by atoms with Gasteiger partial charge in [-0.15, -0.1) is 0 Å². The highest BCUT2D eigenvalue weighted by molar-refractivity contribution is 6.69. The molecule has 0 spiro atoms. The van der Waals surface area contributed by atoms with Crippen LogP contribution in [-0.2, 0) is 66.2 Å². The number of rotatable bonds is 12. The average Bonchev–Trinajstić information content (AvgIpc) is 3.37. The second-order valence-corrected chi connectivity index (χ2v) is 16.7. The van der Waals surface area contributed by atoms with E-state index in [1.54, 1.807) is 13.8 Å².